The first-order valence-electron chi connectivity index (χ1n) is 8.95. The smallest absolute Gasteiger partial charge is 0.228 e. The molecule has 22 heavy (non-hydrogen) atoms. The summed E-state index contributed by atoms with van der Waals surface area (Å²) in [5, 5.41) is 0. The summed E-state index contributed by atoms with van der Waals surface area (Å²) in [6.45, 7) is 6.24. The predicted molar refractivity (Wildman–Crippen MR) is 92.8 cm³/mol. The zero-order valence-electron chi connectivity index (χ0n) is 14.4. The van der Waals surface area contributed by atoms with E-state index in [0.717, 1.165) is 31.6 Å². The molecule has 1 rings (SSSR count). The molecular formula is C19H32N2O. The Kier molecular flexibility index (Phi) is 10.3. The van der Waals surface area contributed by atoms with Crippen molar-refractivity contribution in [3.8, 4) is 0 Å². The van der Waals surface area contributed by atoms with E-state index in [-0.39, 0.29) is 5.91 Å². The molecule has 0 bridgehead atoms. The van der Waals surface area contributed by atoms with Gasteiger partial charge in [0.05, 0.1) is 6.42 Å². The summed E-state index contributed by atoms with van der Waals surface area (Å²) >= 11 is 0. The Balaban J connectivity index is 2.45. The van der Waals surface area contributed by atoms with E-state index in [1.165, 1.54) is 38.5 Å². The summed E-state index contributed by atoms with van der Waals surface area (Å²) in [6.07, 6.45) is 11.9. The van der Waals surface area contributed by atoms with E-state index < -0.39 is 0 Å². The van der Waals surface area contributed by atoms with Gasteiger partial charge >= 0.3 is 0 Å². The van der Waals surface area contributed by atoms with Crippen LogP contribution < -0.4 is 0 Å². The lowest BCUT2D eigenvalue weighted by Crippen LogP contribution is -2.34. The Labute approximate surface area is 136 Å². The van der Waals surface area contributed by atoms with E-state index in [2.05, 4.69) is 23.7 Å². The Hall–Kier alpha value is -1.38. The Morgan fingerprint density at radius 3 is 2.09 bits per heavy atom. The van der Waals surface area contributed by atoms with Crippen molar-refractivity contribution in [1.82, 2.24) is 9.88 Å². The molecule has 0 atom stereocenters. The quantitative estimate of drug-likeness (QED) is 0.528. The molecular weight excluding hydrogens is 272 g/mol. The zero-order valence-corrected chi connectivity index (χ0v) is 14.4. The summed E-state index contributed by atoms with van der Waals surface area (Å²) < 4.78 is 0. The van der Waals surface area contributed by atoms with Crippen LogP contribution in [0.2, 0.25) is 0 Å². The average molecular weight is 304 g/mol. The molecule has 0 fully saturated rings. The molecule has 0 spiro atoms. The van der Waals surface area contributed by atoms with Crippen molar-refractivity contribution < 1.29 is 4.79 Å². The molecule has 0 saturated carbocycles. The first-order chi connectivity index (χ1) is 10.8. The van der Waals surface area contributed by atoms with Crippen LogP contribution in [0.4, 0.5) is 0 Å². The summed E-state index contributed by atoms with van der Waals surface area (Å²) in [6, 6.07) is 5.77. The number of hydrogen-bond acceptors (Lipinski definition) is 2. The van der Waals surface area contributed by atoms with Crippen molar-refractivity contribution in [1.29, 1.82) is 0 Å². The number of nitrogens with zero attached hydrogens (tertiary/aromatic N) is 2. The summed E-state index contributed by atoms with van der Waals surface area (Å²) in [4.78, 5) is 18.9. The molecule has 0 aliphatic carbocycles. The minimum atomic E-state index is 0.228. The van der Waals surface area contributed by atoms with Gasteiger partial charge in [0.2, 0.25) is 5.91 Å². The van der Waals surface area contributed by atoms with Gasteiger partial charge in [0.25, 0.3) is 0 Å². The highest BCUT2D eigenvalue weighted by Gasteiger charge is 2.13. The lowest BCUT2D eigenvalue weighted by atomic mass is 10.1. The molecule has 3 nitrogen and oxygen atoms in total. The van der Waals surface area contributed by atoms with Crippen LogP contribution in [0.15, 0.2) is 24.4 Å². The summed E-state index contributed by atoms with van der Waals surface area (Å²) in [5.41, 5.74) is 0.875. The van der Waals surface area contributed by atoms with Crippen LogP contribution in [0.25, 0.3) is 0 Å². The van der Waals surface area contributed by atoms with Crippen molar-refractivity contribution in [2.45, 2.75) is 71.6 Å². The molecule has 0 aliphatic rings. The largest absolute Gasteiger partial charge is 0.342 e. The molecule has 1 amide bonds. The summed E-state index contributed by atoms with van der Waals surface area (Å²) in [7, 11) is 0. The molecule has 0 radical (unpaired) electrons. The second-order valence-corrected chi connectivity index (χ2v) is 6.00. The van der Waals surface area contributed by atoms with Crippen LogP contribution in [-0.4, -0.2) is 28.9 Å². The Morgan fingerprint density at radius 1 is 0.955 bits per heavy atom. The number of aromatic nitrogens is 1. The fraction of sp³-hybridized carbons (Fsp3) is 0.684. The highest BCUT2D eigenvalue weighted by atomic mass is 16.2. The summed E-state index contributed by atoms with van der Waals surface area (Å²) in [5.74, 6) is 0.228. The van der Waals surface area contributed by atoms with Gasteiger partial charge in [-0.25, -0.2) is 0 Å². The Morgan fingerprint density at radius 2 is 1.59 bits per heavy atom. The maximum absolute atomic E-state index is 12.5. The minimum absolute atomic E-state index is 0.228. The van der Waals surface area contributed by atoms with Crippen LogP contribution in [-0.2, 0) is 11.2 Å². The van der Waals surface area contributed by atoms with Crippen molar-refractivity contribution in [2.24, 2.45) is 0 Å². The minimum Gasteiger partial charge on any atom is -0.342 e. The third-order valence-electron chi connectivity index (χ3n) is 3.97. The van der Waals surface area contributed by atoms with E-state index in [1.807, 2.05) is 18.2 Å². The lowest BCUT2D eigenvalue weighted by Gasteiger charge is -2.23. The van der Waals surface area contributed by atoms with Gasteiger partial charge in [-0.3, -0.25) is 9.78 Å². The number of hydrogen-bond donors (Lipinski definition) is 0. The number of pyridine rings is 1. The monoisotopic (exact) mass is 304 g/mol. The van der Waals surface area contributed by atoms with E-state index in [4.69, 9.17) is 0 Å². The van der Waals surface area contributed by atoms with Crippen molar-refractivity contribution >= 4 is 5.91 Å². The molecule has 0 unspecified atom stereocenters. The predicted octanol–water partition coefficient (Wildman–Crippen LogP) is 4.61. The zero-order chi connectivity index (χ0) is 16.0. The molecule has 1 heterocycles. The maximum Gasteiger partial charge on any atom is 0.228 e. The topological polar surface area (TPSA) is 33.2 Å². The van der Waals surface area contributed by atoms with E-state index in [1.54, 1.807) is 6.20 Å². The lowest BCUT2D eigenvalue weighted by molar-refractivity contribution is -0.130. The van der Waals surface area contributed by atoms with Gasteiger partial charge in [0.1, 0.15) is 0 Å². The third kappa shape index (κ3) is 8.16. The van der Waals surface area contributed by atoms with E-state index in [0.29, 0.717) is 6.42 Å². The van der Waals surface area contributed by atoms with Crippen molar-refractivity contribution in [2.75, 3.05) is 13.1 Å². The van der Waals surface area contributed by atoms with Gasteiger partial charge in [-0.05, 0) is 25.0 Å². The molecule has 0 aliphatic heterocycles. The van der Waals surface area contributed by atoms with Crippen molar-refractivity contribution in [3.63, 3.8) is 0 Å². The molecule has 0 N–H and O–H groups in total. The van der Waals surface area contributed by atoms with Crippen LogP contribution in [0.1, 0.15) is 70.9 Å². The third-order valence-corrected chi connectivity index (χ3v) is 3.97. The molecule has 0 aromatic carbocycles. The van der Waals surface area contributed by atoms with Crippen LogP contribution in [0, 0.1) is 0 Å². The first kappa shape index (κ1) is 18.7. The van der Waals surface area contributed by atoms with Gasteiger partial charge in [-0.2, -0.15) is 0 Å². The van der Waals surface area contributed by atoms with Crippen LogP contribution in [0.3, 0.4) is 0 Å². The number of carbonyl (C=O) groups is 1. The van der Waals surface area contributed by atoms with Gasteiger partial charge < -0.3 is 4.90 Å². The molecule has 124 valence electrons. The van der Waals surface area contributed by atoms with Gasteiger partial charge in [0, 0.05) is 25.0 Å². The van der Waals surface area contributed by atoms with Gasteiger partial charge in [-0.15, -0.1) is 0 Å². The van der Waals surface area contributed by atoms with E-state index >= 15 is 0 Å². The highest BCUT2D eigenvalue weighted by Crippen LogP contribution is 2.08. The number of carbonyl (C=O) groups excluding carboxylic acids is 1. The SMILES string of the molecule is CCCCCCN(CCCCCC)C(=O)Cc1ccccn1. The molecule has 3 heteroatoms. The highest BCUT2D eigenvalue weighted by molar-refractivity contribution is 5.78. The molecule has 1 aromatic heterocycles. The Bertz CT molecular complexity index is 380. The first-order valence-corrected chi connectivity index (χ1v) is 8.95. The van der Waals surface area contributed by atoms with Crippen LogP contribution >= 0.6 is 0 Å². The molecule has 1 aromatic rings. The fourth-order valence-corrected chi connectivity index (χ4v) is 2.59. The standard InChI is InChI=1S/C19H32N2O/c1-3-5-7-11-15-21(16-12-8-6-4-2)19(22)17-18-13-9-10-14-20-18/h9-10,13-14H,3-8,11-12,15-17H2,1-2H3. The second-order valence-electron chi connectivity index (χ2n) is 6.00. The number of unbranched alkanes of at least 4 members (excludes halogenated alkanes) is 6. The second kappa shape index (κ2) is 12.2. The normalized spacial score (nSPS) is 10.6. The van der Waals surface area contributed by atoms with Gasteiger partial charge in [0.15, 0.2) is 0 Å². The maximum atomic E-state index is 12.5. The van der Waals surface area contributed by atoms with E-state index in [9.17, 15) is 4.79 Å². The number of amides is 1. The van der Waals surface area contributed by atoms with Crippen molar-refractivity contribution in [3.05, 3.63) is 30.1 Å². The van der Waals surface area contributed by atoms with Gasteiger partial charge in [-0.1, -0.05) is 58.4 Å². The fourth-order valence-electron chi connectivity index (χ4n) is 2.59. The van der Waals surface area contributed by atoms with Crippen LogP contribution in [0.5, 0.6) is 0 Å². The number of rotatable bonds is 12. The molecule has 0 saturated heterocycles. The average Bonchev–Trinajstić information content (AvgIpc) is 2.54.